The molecule has 2 heterocycles. The maximum absolute atomic E-state index is 13.0. The summed E-state index contributed by atoms with van der Waals surface area (Å²) in [7, 11) is 2.09. The Morgan fingerprint density at radius 2 is 1.88 bits per heavy atom. The molecule has 0 N–H and O–H groups in total. The maximum Gasteiger partial charge on any atom is 0.151 e. The first-order valence-electron chi connectivity index (χ1n) is 8.42. The Hall–Kier alpha value is -2.01. The molecular formula is C19H22FN3O. The van der Waals surface area contributed by atoms with Crippen LogP contribution in [-0.2, 0) is 4.74 Å². The number of ether oxygens (including phenoxy) is 1. The molecule has 126 valence electrons. The summed E-state index contributed by atoms with van der Waals surface area (Å²) in [4.78, 5) is 2.23. The summed E-state index contributed by atoms with van der Waals surface area (Å²) in [5.41, 5.74) is 1.74. The van der Waals surface area contributed by atoms with Gasteiger partial charge >= 0.3 is 0 Å². The van der Waals surface area contributed by atoms with Crippen molar-refractivity contribution < 1.29 is 9.13 Å². The van der Waals surface area contributed by atoms with Crippen LogP contribution in [0.2, 0.25) is 0 Å². The molecule has 1 aromatic heterocycles. The van der Waals surface area contributed by atoms with E-state index in [0.717, 1.165) is 30.1 Å². The number of hydrogen-bond donors (Lipinski definition) is 0. The minimum absolute atomic E-state index is 0.118. The second-order valence-corrected chi connectivity index (χ2v) is 7.40. The van der Waals surface area contributed by atoms with Crippen LogP contribution in [0.15, 0.2) is 36.4 Å². The SMILES string of the molecule is CN(c1ccc(-c2ccc(F)cc2)nn1)C1C2CCOC2C1(C)C. The lowest BCUT2D eigenvalue weighted by Gasteiger charge is -2.58. The molecule has 1 aromatic carbocycles. The summed E-state index contributed by atoms with van der Waals surface area (Å²) in [5.74, 6) is 1.19. The zero-order chi connectivity index (χ0) is 16.9. The van der Waals surface area contributed by atoms with Gasteiger partial charge in [0.1, 0.15) is 5.82 Å². The number of halogens is 1. The molecule has 0 amide bonds. The molecule has 2 aliphatic rings. The fourth-order valence-electron chi connectivity index (χ4n) is 4.51. The molecule has 3 atom stereocenters. The summed E-state index contributed by atoms with van der Waals surface area (Å²) in [6.45, 7) is 5.39. The summed E-state index contributed by atoms with van der Waals surface area (Å²) in [6.07, 6.45) is 1.47. The topological polar surface area (TPSA) is 38.2 Å². The monoisotopic (exact) mass is 327 g/mol. The number of fused-ring (bicyclic) bond motifs is 1. The molecule has 1 aliphatic carbocycles. The Morgan fingerprint density at radius 1 is 1.12 bits per heavy atom. The van der Waals surface area contributed by atoms with Crippen molar-refractivity contribution in [2.24, 2.45) is 11.3 Å². The van der Waals surface area contributed by atoms with Crippen LogP contribution < -0.4 is 4.90 Å². The predicted molar refractivity (Wildman–Crippen MR) is 91.2 cm³/mol. The minimum Gasteiger partial charge on any atom is -0.377 e. The molecule has 0 radical (unpaired) electrons. The largest absolute Gasteiger partial charge is 0.377 e. The molecule has 1 aliphatic heterocycles. The van der Waals surface area contributed by atoms with Crippen LogP contribution in [0.1, 0.15) is 20.3 Å². The standard InChI is InChI=1S/C19H22FN3O/c1-19(2)17(14-10-11-24-18(14)19)23(3)16-9-8-15(21-22-16)12-4-6-13(20)7-5-12/h4-9,14,17-18H,10-11H2,1-3H3. The van der Waals surface area contributed by atoms with Gasteiger partial charge in [-0.2, -0.15) is 0 Å². The van der Waals surface area contributed by atoms with Crippen LogP contribution in [0.4, 0.5) is 10.2 Å². The highest BCUT2D eigenvalue weighted by molar-refractivity contribution is 5.59. The van der Waals surface area contributed by atoms with Crippen LogP contribution in [-0.4, -0.2) is 36.0 Å². The Morgan fingerprint density at radius 3 is 2.54 bits per heavy atom. The van der Waals surface area contributed by atoms with Crippen LogP contribution in [0.25, 0.3) is 11.3 Å². The third-order valence-electron chi connectivity index (χ3n) is 5.61. The van der Waals surface area contributed by atoms with Gasteiger partial charge in [-0.3, -0.25) is 0 Å². The van der Waals surface area contributed by atoms with Crippen LogP contribution >= 0.6 is 0 Å². The van der Waals surface area contributed by atoms with Gasteiger partial charge in [-0.25, -0.2) is 4.39 Å². The first-order chi connectivity index (χ1) is 11.5. The lowest BCUT2D eigenvalue weighted by molar-refractivity contribution is -0.101. The van der Waals surface area contributed by atoms with Gasteiger partial charge < -0.3 is 9.64 Å². The lowest BCUT2D eigenvalue weighted by Crippen LogP contribution is -2.66. The Balaban J connectivity index is 1.55. The maximum atomic E-state index is 13.0. The quantitative estimate of drug-likeness (QED) is 0.864. The Kier molecular flexibility index (Phi) is 3.57. The average Bonchev–Trinajstić information content (AvgIpc) is 3.02. The lowest BCUT2D eigenvalue weighted by atomic mass is 9.57. The highest BCUT2D eigenvalue weighted by Crippen LogP contribution is 2.54. The number of nitrogens with zero attached hydrogens (tertiary/aromatic N) is 3. The van der Waals surface area contributed by atoms with Crippen molar-refractivity contribution in [2.75, 3.05) is 18.6 Å². The summed E-state index contributed by atoms with van der Waals surface area (Å²) >= 11 is 0. The van der Waals surface area contributed by atoms with E-state index in [1.807, 2.05) is 12.1 Å². The average molecular weight is 327 g/mol. The fourth-order valence-corrected chi connectivity index (χ4v) is 4.51. The van der Waals surface area contributed by atoms with Gasteiger partial charge in [0.25, 0.3) is 0 Å². The van der Waals surface area contributed by atoms with Crippen molar-refractivity contribution in [1.82, 2.24) is 10.2 Å². The fraction of sp³-hybridized carbons (Fsp3) is 0.474. The zero-order valence-corrected chi connectivity index (χ0v) is 14.2. The van der Waals surface area contributed by atoms with Gasteiger partial charge in [0.15, 0.2) is 5.82 Å². The van der Waals surface area contributed by atoms with Gasteiger partial charge in [-0.15, -0.1) is 10.2 Å². The van der Waals surface area contributed by atoms with E-state index < -0.39 is 0 Å². The second-order valence-electron chi connectivity index (χ2n) is 7.40. The normalized spacial score (nSPS) is 27.4. The number of hydrogen-bond acceptors (Lipinski definition) is 4. The molecule has 0 bridgehead atoms. The van der Waals surface area contributed by atoms with Crippen molar-refractivity contribution in [1.29, 1.82) is 0 Å². The van der Waals surface area contributed by atoms with E-state index in [9.17, 15) is 4.39 Å². The number of benzene rings is 1. The smallest absolute Gasteiger partial charge is 0.151 e. The van der Waals surface area contributed by atoms with Gasteiger partial charge in [0.2, 0.25) is 0 Å². The number of rotatable bonds is 3. The first-order valence-corrected chi connectivity index (χ1v) is 8.42. The molecule has 1 saturated heterocycles. The first kappa shape index (κ1) is 15.5. The molecule has 4 nitrogen and oxygen atoms in total. The molecule has 5 heteroatoms. The second kappa shape index (κ2) is 5.52. The van der Waals surface area contributed by atoms with Crippen molar-refractivity contribution in [3.8, 4) is 11.3 Å². The summed E-state index contributed by atoms with van der Waals surface area (Å²) < 4.78 is 18.9. The van der Waals surface area contributed by atoms with Gasteiger partial charge in [-0.1, -0.05) is 13.8 Å². The minimum atomic E-state index is -0.247. The van der Waals surface area contributed by atoms with E-state index in [-0.39, 0.29) is 11.2 Å². The van der Waals surface area contributed by atoms with E-state index in [1.165, 1.54) is 12.1 Å². The molecule has 2 fully saturated rings. The van der Waals surface area contributed by atoms with Gasteiger partial charge in [-0.05, 0) is 42.8 Å². The summed E-state index contributed by atoms with van der Waals surface area (Å²) in [5, 5.41) is 8.73. The third-order valence-corrected chi connectivity index (χ3v) is 5.61. The van der Waals surface area contributed by atoms with E-state index in [2.05, 4.69) is 36.0 Å². The Bertz CT molecular complexity index is 729. The van der Waals surface area contributed by atoms with Crippen molar-refractivity contribution in [3.05, 3.63) is 42.2 Å². The predicted octanol–water partition coefficient (Wildman–Crippen LogP) is 3.53. The highest BCUT2D eigenvalue weighted by Gasteiger charge is 2.61. The highest BCUT2D eigenvalue weighted by atomic mass is 19.1. The molecular weight excluding hydrogens is 305 g/mol. The number of anilines is 1. The van der Waals surface area contributed by atoms with Crippen molar-refractivity contribution in [2.45, 2.75) is 32.4 Å². The molecule has 3 unspecified atom stereocenters. The molecule has 4 rings (SSSR count). The molecule has 24 heavy (non-hydrogen) atoms. The van der Waals surface area contributed by atoms with Crippen molar-refractivity contribution in [3.63, 3.8) is 0 Å². The van der Waals surface area contributed by atoms with Crippen LogP contribution in [0.5, 0.6) is 0 Å². The van der Waals surface area contributed by atoms with Crippen LogP contribution in [0.3, 0.4) is 0 Å². The summed E-state index contributed by atoms with van der Waals surface area (Å²) in [6, 6.07) is 10.7. The Labute approximate surface area is 141 Å². The molecule has 2 aromatic rings. The molecule has 1 saturated carbocycles. The van der Waals surface area contributed by atoms with Gasteiger partial charge in [0.05, 0.1) is 11.8 Å². The zero-order valence-electron chi connectivity index (χ0n) is 14.2. The molecule has 0 spiro atoms. The third kappa shape index (κ3) is 2.30. The van der Waals surface area contributed by atoms with Gasteiger partial charge in [0, 0.05) is 36.6 Å². The van der Waals surface area contributed by atoms with E-state index in [0.29, 0.717) is 18.1 Å². The van der Waals surface area contributed by atoms with Crippen molar-refractivity contribution >= 4 is 5.82 Å². The van der Waals surface area contributed by atoms with E-state index in [4.69, 9.17) is 4.74 Å². The van der Waals surface area contributed by atoms with Crippen LogP contribution in [0, 0.1) is 17.2 Å². The van der Waals surface area contributed by atoms with E-state index >= 15 is 0 Å². The van der Waals surface area contributed by atoms with E-state index in [1.54, 1.807) is 12.1 Å². The number of aromatic nitrogens is 2.